The lowest BCUT2D eigenvalue weighted by Crippen LogP contribution is -2.21. The summed E-state index contributed by atoms with van der Waals surface area (Å²) in [6.07, 6.45) is 8.38. The molecule has 0 bridgehead atoms. The summed E-state index contributed by atoms with van der Waals surface area (Å²) in [5.41, 5.74) is 3.66. The quantitative estimate of drug-likeness (QED) is 0.393. The van der Waals surface area contributed by atoms with Gasteiger partial charge in [0.1, 0.15) is 17.9 Å². The van der Waals surface area contributed by atoms with Gasteiger partial charge in [0.15, 0.2) is 5.84 Å². The minimum Gasteiger partial charge on any atom is -0.472 e. The van der Waals surface area contributed by atoms with Crippen molar-refractivity contribution in [3.8, 4) is 0 Å². The number of hydrogen-bond donors (Lipinski definition) is 2. The van der Waals surface area contributed by atoms with Gasteiger partial charge in [-0.3, -0.25) is 15.5 Å². The molecule has 0 unspecified atom stereocenters. The van der Waals surface area contributed by atoms with E-state index in [9.17, 15) is 14.4 Å². The fourth-order valence-electron chi connectivity index (χ4n) is 3.32. The second kappa shape index (κ2) is 8.60. The number of halogens is 2. The van der Waals surface area contributed by atoms with Crippen LogP contribution in [0.25, 0.3) is 0 Å². The van der Waals surface area contributed by atoms with Crippen LogP contribution in [0.3, 0.4) is 0 Å². The monoisotopic (exact) mass is 422 g/mol. The molecule has 1 aromatic carbocycles. The third kappa shape index (κ3) is 4.59. The lowest BCUT2D eigenvalue weighted by Gasteiger charge is -2.09. The zero-order valence-corrected chi connectivity index (χ0v) is 15.8. The lowest BCUT2D eigenvalue weighted by atomic mass is 9.97. The Morgan fingerprint density at radius 2 is 2.12 bits per heavy atom. The fraction of sp³-hybridized carbons (Fsp3) is 0.368. The fourth-order valence-corrected chi connectivity index (χ4v) is 3.69. The Labute approximate surface area is 159 Å². The van der Waals surface area contributed by atoms with E-state index in [0.717, 1.165) is 12.8 Å². The van der Waals surface area contributed by atoms with Crippen molar-refractivity contribution in [3.05, 3.63) is 52.1 Å². The molecule has 1 aliphatic rings. The van der Waals surface area contributed by atoms with Gasteiger partial charge in [0, 0.05) is 18.4 Å². The Hall–Kier alpha value is -1.99. The summed E-state index contributed by atoms with van der Waals surface area (Å²) in [6, 6.07) is 4.26. The standard InChI is InChI=1S/C19H20BrFN2O3/c20-17-9-14(5-6-18(17)21)22-19(23-25)16-11-26-10-13(16)8-15(24)7-12-3-1-2-4-12/h5-6,9-12,25H,1-4,7-8H2,(H,22,23). The smallest absolute Gasteiger partial charge is 0.160 e. The Morgan fingerprint density at radius 1 is 1.35 bits per heavy atom. The van der Waals surface area contributed by atoms with E-state index in [1.54, 1.807) is 0 Å². The van der Waals surface area contributed by atoms with Crippen LogP contribution < -0.4 is 5.48 Å². The van der Waals surface area contributed by atoms with Gasteiger partial charge in [-0.25, -0.2) is 9.38 Å². The molecule has 0 saturated heterocycles. The number of carbonyl (C=O) groups is 1. The Kier molecular flexibility index (Phi) is 6.21. The van der Waals surface area contributed by atoms with E-state index in [0.29, 0.717) is 29.2 Å². The van der Waals surface area contributed by atoms with Crippen LogP contribution in [0.2, 0.25) is 0 Å². The molecule has 26 heavy (non-hydrogen) atoms. The molecule has 1 aromatic heterocycles. The highest BCUT2D eigenvalue weighted by Crippen LogP contribution is 2.28. The largest absolute Gasteiger partial charge is 0.472 e. The molecule has 1 heterocycles. The van der Waals surface area contributed by atoms with Gasteiger partial charge in [0.05, 0.1) is 22.0 Å². The molecule has 0 aliphatic heterocycles. The van der Waals surface area contributed by atoms with Crippen molar-refractivity contribution in [2.75, 3.05) is 0 Å². The van der Waals surface area contributed by atoms with Crippen LogP contribution in [0.1, 0.15) is 43.2 Å². The maximum absolute atomic E-state index is 13.4. The van der Waals surface area contributed by atoms with E-state index < -0.39 is 5.82 Å². The molecule has 7 heteroatoms. The molecular formula is C19H20BrFN2O3. The van der Waals surface area contributed by atoms with Crippen LogP contribution in [0.15, 0.2) is 44.6 Å². The Balaban J connectivity index is 1.77. The first-order valence-electron chi connectivity index (χ1n) is 8.58. The van der Waals surface area contributed by atoms with Crippen molar-refractivity contribution in [2.45, 2.75) is 38.5 Å². The third-order valence-electron chi connectivity index (χ3n) is 4.63. The van der Waals surface area contributed by atoms with Gasteiger partial charge in [-0.05, 0) is 40.0 Å². The number of amidine groups is 1. The molecule has 0 amide bonds. The molecule has 2 aromatic rings. The molecule has 1 fully saturated rings. The molecule has 138 valence electrons. The highest BCUT2D eigenvalue weighted by Gasteiger charge is 2.21. The van der Waals surface area contributed by atoms with Crippen LogP contribution in [-0.2, 0) is 11.2 Å². The minimum absolute atomic E-state index is 0.140. The predicted octanol–water partition coefficient (Wildman–Crippen LogP) is 4.93. The summed E-state index contributed by atoms with van der Waals surface area (Å²) in [5, 5.41) is 9.48. The Morgan fingerprint density at radius 3 is 2.81 bits per heavy atom. The Bertz CT molecular complexity index is 813. The van der Waals surface area contributed by atoms with E-state index in [1.807, 2.05) is 5.48 Å². The predicted molar refractivity (Wildman–Crippen MR) is 99.2 cm³/mol. The number of furan rings is 1. The molecule has 0 atom stereocenters. The van der Waals surface area contributed by atoms with Crippen LogP contribution in [0.4, 0.5) is 10.1 Å². The summed E-state index contributed by atoms with van der Waals surface area (Å²) in [6.45, 7) is 0. The van der Waals surface area contributed by atoms with E-state index in [4.69, 9.17) is 4.42 Å². The maximum Gasteiger partial charge on any atom is 0.160 e. The number of aliphatic imine (C=N–C) groups is 1. The number of benzene rings is 1. The molecule has 0 radical (unpaired) electrons. The van der Waals surface area contributed by atoms with Crippen LogP contribution in [0.5, 0.6) is 0 Å². The average molecular weight is 423 g/mol. The first-order chi connectivity index (χ1) is 12.6. The van der Waals surface area contributed by atoms with Crippen molar-refractivity contribution in [1.29, 1.82) is 0 Å². The first-order valence-corrected chi connectivity index (χ1v) is 9.37. The SMILES string of the molecule is O=C(Cc1cocc1C(=Nc1ccc(F)c(Br)c1)NO)CC1CCCC1. The van der Waals surface area contributed by atoms with Gasteiger partial charge in [0.2, 0.25) is 0 Å². The number of ketones is 1. The van der Waals surface area contributed by atoms with Gasteiger partial charge >= 0.3 is 0 Å². The normalized spacial score (nSPS) is 15.4. The number of hydrogen-bond acceptors (Lipinski definition) is 4. The van der Waals surface area contributed by atoms with Gasteiger partial charge in [-0.1, -0.05) is 25.7 Å². The molecule has 0 spiro atoms. The number of nitrogens with zero attached hydrogens (tertiary/aromatic N) is 1. The van der Waals surface area contributed by atoms with Crippen LogP contribution in [0, 0.1) is 11.7 Å². The van der Waals surface area contributed by atoms with Crippen LogP contribution >= 0.6 is 15.9 Å². The van der Waals surface area contributed by atoms with E-state index in [-0.39, 0.29) is 22.5 Å². The van der Waals surface area contributed by atoms with Gasteiger partial charge in [-0.2, -0.15) is 0 Å². The van der Waals surface area contributed by atoms with Crippen molar-refractivity contribution < 1.29 is 18.8 Å². The molecule has 1 aliphatic carbocycles. The minimum atomic E-state index is -0.399. The summed E-state index contributed by atoms with van der Waals surface area (Å²) < 4.78 is 18.9. The second-order valence-corrected chi connectivity index (χ2v) is 7.41. The zero-order valence-electron chi connectivity index (χ0n) is 14.2. The zero-order chi connectivity index (χ0) is 18.5. The third-order valence-corrected chi connectivity index (χ3v) is 5.23. The molecule has 5 nitrogen and oxygen atoms in total. The summed E-state index contributed by atoms with van der Waals surface area (Å²) in [5.74, 6) is 0.379. The van der Waals surface area contributed by atoms with Crippen molar-refractivity contribution in [1.82, 2.24) is 5.48 Å². The van der Waals surface area contributed by atoms with E-state index in [2.05, 4.69) is 20.9 Å². The lowest BCUT2D eigenvalue weighted by molar-refractivity contribution is -0.119. The van der Waals surface area contributed by atoms with Crippen molar-refractivity contribution >= 4 is 33.2 Å². The van der Waals surface area contributed by atoms with Gasteiger partial charge in [0.25, 0.3) is 0 Å². The molecular weight excluding hydrogens is 403 g/mol. The number of carbonyl (C=O) groups excluding carboxylic acids is 1. The summed E-state index contributed by atoms with van der Waals surface area (Å²) in [4.78, 5) is 16.6. The topological polar surface area (TPSA) is 74.8 Å². The second-order valence-electron chi connectivity index (χ2n) is 6.55. The molecule has 1 saturated carbocycles. The van der Waals surface area contributed by atoms with Crippen molar-refractivity contribution in [2.24, 2.45) is 10.9 Å². The number of hydroxylamine groups is 1. The number of nitrogens with one attached hydrogen (secondary N) is 1. The average Bonchev–Trinajstić information content (AvgIpc) is 3.28. The highest BCUT2D eigenvalue weighted by atomic mass is 79.9. The van der Waals surface area contributed by atoms with E-state index >= 15 is 0 Å². The number of rotatable bonds is 6. The van der Waals surface area contributed by atoms with Crippen molar-refractivity contribution in [3.63, 3.8) is 0 Å². The van der Waals surface area contributed by atoms with E-state index in [1.165, 1.54) is 43.6 Å². The summed E-state index contributed by atoms with van der Waals surface area (Å²) in [7, 11) is 0. The van der Waals surface area contributed by atoms with Gasteiger partial charge in [-0.15, -0.1) is 0 Å². The first kappa shape index (κ1) is 18.8. The van der Waals surface area contributed by atoms with Gasteiger partial charge < -0.3 is 4.42 Å². The summed E-state index contributed by atoms with van der Waals surface area (Å²) >= 11 is 3.11. The number of Topliss-reactive ketones (excluding diaryl/α,β-unsaturated/α-hetero) is 1. The molecule has 2 N–H and O–H groups in total. The molecule has 3 rings (SSSR count). The highest BCUT2D eigenvalue weighted by molar-refractivity contribution is 9.10. The maximum atomic E-state index is 13.4. The van der Waals surface area contributed by atoms with Crippen LogP contribution in [-0.4, -0.2) is 16.8 Å².